The average molecular weight is 450 g/mol. The van der Waals surface area contributed by atoms with Crippen LogP contribution in [-0.2, 0) is 17.3 Å². The molecule has 172 valence electrons. The molecule has 0 atom stereocenters. The Labute approximate surface area is 192 Å². The molecule has 1 aliphatic heterocycles. The van der Waals surface area contributed by atoms with Crippen molar-refractivity contribution in [2.24, 2.45) is 7.05 Å². The van der Waals surface area contributed by atoms with E-state index in [2.05, 4.69) is 26.2 Å². The number of anilines is 2. The Morgan fingerprint density at radius 3 is 2.67 bits per heavy atom. The standard InChI is InChI=1S/C22H27N9O2/c1-21(2,3)33-20(32)30-14-22(15-30,7-8-23)31-12-16(10-26-31)18-6-9-24-19(27-18)29(5)17-11-25-28(4)13-17/h6,9-13H,7,14-15H2,1-5H3. The zero-order valence-electron chi connectivity index (χ0n) is 19.4. The highest BCUT2D eigenvalue weighted by Crippen LogP contribution is 2.34. The lowest BCUT2D eigenvalue weighted by atomic mass is 9.87. The van der Waals surface area contributed by atoms with Crippen LogP contribution in [0.15, 0.2) is 37.1 Å². The summed E-state index contributed by atoms with van der Waals surface area (Å²) in [5.74, 6) is 0.528. The predicted octanol–water partition coefficient (Wildman–Crippen LogP) is 2.70. The van der Waals surface area contributed by atoms with Crippen LogP contribution in [0.25, 0.3) is 11.3 Å². The third-order valence-corrected chi connectivity index (χ3v) is 5.42. The Bertz CT molecular complexity index is 1190. The Morgan fingerprint density at radius 2 is 2.03 bits per heavy atom. The molecule has 0 spiro atoms. The SMILES string of the molecule is CN(c1cnn(C)c1)c1nccc(-c2cnn(C3(CC#N)CN(C(=O)OC(C)(C)C)C3)c2)n1. The summed E-state index contributed by atoms with van der Waals surface area (Å²) in [5, 5.41) is 18.1. The van der Waals surface area contributed by atoms with Crippen LogP contribution in [0.1, 0.15) is 27.2 Å². The second-order valence-electron chi connectivity index (χ2n) is 9.24. The maximum absolute atomic E-state index is 12.4. The lowest BCUT2D eigenvalue weighted by molar-refractivity contribution is -0.0314. The van der Waals surface area contributed by atoms with Crippen molar-refractivity contribution in [1.29, 1.82) is 5.26 Å². The van der Waals surface area contributed by atoms with Crippen LogP contribution in [0.5, 0.6) is 0 Å². The van der Waals surface area contributed by atoms with Crippen molar-refractivity contribution in [2.45, 2.75) is 38.3 Å². The van der Waals surface area contributed by atoms with E-state index in [1.165, 1.54) is 0 Å². The fourth-order valence-corrected chi connectivity index (χ4v) is 3.69. The van der Waals surface area contributed by atoms with Crippen molar-refractivity contribution >= 4 is 17.7 Å². The monoisotopic (exact) mass is 449 g/mol. The van der Waals surface area contributed by atoms with Crippen LogP contribution >= 0.6 is 0 Å². The van der Waals surface area contributed by atoms with Crippen LogP contribution in [0.2, 0.25) is 0 Å². The molecule has 0 N–H and O–H groups in total. The number of nitrogens with zero attached hydrogens (tertiary/aromatic N) is 9. The van der Waals surface area contributed by atoms with Gasteiger partial charge in [0.1, 0.15) is 11.1 Å². The molecule has 4 rings (SSSR count). The van der Waals surface area contributed by atoms with Crippen molar-refractivity contribution in [3.8, 4) is 17.3 Å². The Balaban J connectivity index is 1.54. The van der Waals surface area contributed by atoms with Gasteiger partial charge in [-0.15, -0.1) is 0 Å². The average Bonchev–Trinajstić information content (AvgIpc) is 3.38. The molecule has 0 bridgehead atoms. The smallest absolute Gasteiger partial charge is 0.410 e. The Morgan fingerprint density at radius 1 is 1.27 bits per heavy atom. The van der Waals surface area contributed by atoms with Crippen LogP contribution in [0.4, 0.5) is 16.4 Å². The van der Waals surface area contributed by atoms with E-state index >= 15 is 0 Å². The topological polar surface area (TPSA) is 118 Å². The molecule has 1 aliphatic rings. The number of carbonyl (C=O) groups is 1. The third kappa shape index (κ3) is 4.50. The van der Waals surface area contributed by atoms with E-state index in [-0.39, 0.29) is 12.5 Å². The van der Waals surface area contributed by atoms with Gasteiger partial charge in [-0.25, -0.2) is 14.8 Å². The molecular weight excluding hydrogens is 422 g/mol. The fourth-order valence-electron chi connectivity index (χ4n) is 3.69. The Kier molecular flexibility index (Phi) is 5.53. The zero-order valence-corrected chi connectivity index (χ0v) is 19.4. The number of ether oxygens (including phenoxy) is 1. The van der Waals surface area contributed by atoms with Gasteiger partial charge in [-0.05, 0) is 26.8 Å². The molecule has 11 nitrogen and oxygen atoms in total. The van der Waals surface area contributed by atoms with Gasteiger partial charge in [-0.1, -0.05) is 0 Å². The quantitative estimate of drug-likeness (QED) is 0.583. The summed E-state index contributed by atoms with van der Waals surface area (Å²) in [6.45, 7) is 6.20. The minimum absolute atomic E-state index is 0.228. The molecule has 3 aromatic rings. The Hall–Kier alpha value is -3.94. The van der Waals surface area contributed by atoms with Crippen LogP contribution in [0, 0.1) is 11.3 Å². The highest BCUT2D eigenvalue weighted by atomic mass is 16.6. The van der Waals surface area contributed by atoms with Crippen molar-refractivity contribution in [2.75, 3.05) is 25.0 Å². The number of aryl methyl sites for hydroxylation is 1. The minimum Gasteiger partial charge on any atom is -0.444 e. The normalized spacial score (nSPS) is 15.0. The van der Waals surface area contributed by atoms with Crippen molar-refractivity contribution in [1.82, 2.24) is 34.4 Å². The summed E-state index contributed by atoms with van der Waals surface area (Å²) < 4.78 is 8.92. The first-order chi connectivity index (χ1) is 15.6. The summed E-state index contributed by atoms with van der Waals surface area (Å²) in [4.78, 5) is 24.9. The van der Waals surface area contributed by atoms with Gasteiger partial charge in [-0.2, -0.15) is 15.5 Å². The fraction of sp³-hybridized carbons (Fsp3) is 0.455. The van der Waals surface area contributed by atoms with E-state index in [1.807, 2.05) is 58.2 Å². The molecule has 3 aromatic heterocycles. The molecule has 11 heteroatoms. The van der Waals surface area contributed by atoms with Gasteiger partial charge in [0.15, 0.2) is 0 Å². The van der Waals surface area contributed by atoms with E-state index in [1.54, 1.807) is 32.9 Å². The van der Waals surface area contributed by atoms with Gasteiger partial charge in [-0.3, -0.25) is 9.36 Å². The van der Waals surface area contributed by atoms with Crippen LogP contribution in [0.3, 0.4) is 0 Å². The van der Waals surface area contributed by atoms with Crippen LogP contribution in [-0.4, -0.2) is 66.3 Å². The molecule has 0 unspecified atom stereocenters. The van der Waals surface area contributed by atoms with Crippen molar-refractivity contribution in [3.05, 3.63) is 37.1 Å². The van der Waals surface area contributed by atoms with Gasteiger partial charge in [0.2, 0.25) is 5.95 Å². The summed E-state index contributed by atoms with van der Waals surface area (Å²) in [6, 6.07) is 4.04. The summed E-state index contributed by atoms with van der Waals surface area (Å²) in [6.07, 6.45) is 8.74. The highest BCUT2D eigenvalue weighted by molar-refractivity contribution is 5.70. The number of hydrogen-bond acceptors (Lipinski definition) is 8. The minimum atomic E-state index is -0.591. The van der Waals surface area contributed by atoms with Gasteiger partial charge >= 0.3 is 6.09 Å². The molecule has 0 saturated carbocycles. The van der Waals surface area contributed by atoms with Crippen molar-refractivity contribution in [3.63, 3.8) is 0 Å². The first kappa shape index (κ1) is 22.3. The number of nitriles is 1. The number of carbonyl (C=O) groups excluding carboxylic acids is 1. The summed E-state index contributed by atoms with van der Waals surface area (Å²) in [7, 11) is 3.73. The molecule has 1 amide bonds. The van der Waals surface area contributed by atoms with Gasteiger partial charge in [0, 0.05) is 38.2 Å². The first-order valence-corrected chi connectivity index (χ1v) is 10.6. The lowest BCUT2D eigenvalue weighted by Gasteiger charge is -2.48. The van der Waals surface area contributed by atoms with E-state index in [9.17, 15) is 10.1 Å². The molecule has 1 saturated heterocycles. The molecule has 1 fully saturated rings. The molecule has 33 heavy (non-hydrogen) atoms. The molecule has 0 aliphatic carbocycles. The maximum Gasteiger partial charge on any atom is 0.410 e. The predicted molar refractivity (Wildman–Crippen MR) is 121 cm³/mol. The van der Waals surface area contributed by atoms with E-state index in [4.69, 9.17) is 4.74 Å². The number of amides is 1. The molecular formula is C22H27N9O2. The highest BCUT2D eigenvalue weighted by Gasteiger charge is 2.48. The van der Waals surface area contributed by atoms with Gasteiger partial charge < -0.3 is 14.5 Å². The van der Waals surface area contributed by atoms with E-state index in [0.717, 1.165) is 11.3 Å². The number of hydrogen-bond donors (Lipinski definition) is 0. The largest absolute Gasteiger partial charge is 0.444 e. The zero-order chi connectivity index (χ0) is 23.8. The van der Waals surface area contributed by atoms with E-state index < -0.39 is 11.1 Å². The second-order valence-corrected chi connectivity index (χ2v) is 9.24. The lowest BCUT2D eigenvalue weighted by Crippen LogP contribution is -2.64. The van der Waals surface area contributed by atoms with Gasteiger partial charge in [0.05, 0.1) is 49.4 Å². The van der Waals surface area contributed by atoms with Crippen molar-refractivity contribution < 1.29 is 9.53 Å². The molecule has 0 radical (unpaired) electrons. The second kappa shape index (κ2) is 8.20. The number of likely N-dealkylation sites (tertiary alicyclic amines) is 1. The first-order valence-electron chi connectivity index (χ1n) is 10.6. The molecule has 0 aromatic carbocycles. The number of rotatable bonds is 5. The third-order valence-electron chi connectivity index (χ3n) is 5.42. The van der Waals surface area contributed by atoms with Crippen LogP contribution < -0.4 is 4.90 Å². The summed E-state index contributed by atoms with van der Waals surface area (Å²) >= 11 is 0. The molecule has 4 heterocycles. The van der Waals surface area contributed by atoms with Gasteiger partial charge in [0.25, 0.3) is 0 Å². The maximum atomic E-state index is 12.4. The van der Waals surface area contributed by atoms with E-state index in [0.29, 0.717) is 24.7 Å². The summed E-state index contributed by atoms with van der Waals surface area (Å²) in [5.41, 5.74) is 1.21. The number of aromatic nitrogens is 6.